The standard InChI is InChI=1S/C19H20N4O/c1-12-6-5-7-15-16(10-13(2)22-18(12)15)19(24)23(4)14(3)17-8-9-20-11-21-17/h5-11,14H,1-4H3/t14-/m0/s1. The van der Waals surface area contributed by atoms with E-state index in [0.29, 0.717) is 5.56 Å². The maximum Gasteiger partial charge on any atom is 0.254 e. The Kier molecular flexibility index (Phi) is 4.25. The van der Waals surface area contributed by atoms with Crippen molar-refractivity contribution in [2.75, 3.05) is 7.05 Å². The maximum atomic E-state index is 13.1. The van der Waals surface area contributed by atoms with Gasteiger partial charge in [0.1, 0.15) is 6.33 Å². The van der Waals surface area contributed by atoms with Gasteiger partial charge < -0.3 is 4.90 Å². The Morgan fingerprint density at radius 1 is 1.21 bits per heavy atom. The van der Waals surface area contributed by atoms with E-state index in [2.05, 4.69) is 15.0 Å². The first kappa shape index (κ1) is 16.1. The van der Waals surface area contributed by atoms with Crippen molar-refractivity contribution in [1.82, 2.24) is 19.9 Å². The van der Waals surface area contributed by atoms with Crippen molar-refractivity contribution < 1.29 is 4.79 Å². The van der Waals surface area contributed by atoms with Crippen LogP contribution in [0.2, 0.25) is 0 Å². The van der Waals surface area contributed by atoms with Gasteiger partial charge in [-0.3, -0.25) is 9.78 Å². The highest BCUT2D eigenvalue weighted by molar-refractivity contribution is 6.06. The molecule has 0 saturated carbocycles. The Morgan fingerprint density at radius 2 is 2.00 bits per heavy atom. The molecule has 0 spiro atoms. The zero-order valence-electron chi connectivity index (χ0n) is 14.3. The second-order valence-electron chi connectivity index (χ2n) is 6.01. The molecule has 0 bridgehead atoms. The summed E-state index contributed by atoms with van der Waals surface area (Å²) < 4.78 is 0. The van der Waals surface area contributed by atoms with E-state index in [9.17, 15) is 4.79 Å². The van der Waals surface area contributed by atoms with Crippen LogP contribution in [0.15, 0.2) is 42.9 Å². The smallest absolute Gasteiger partial charge is 0.254 e. The van der Waals surface area contributed by atoms with Crippen molar-refractivity contribution >= 4 is 16.8 Å². The topological polar surface area (TPSA) is 59.0 Å². The van der Waals surface area contributed by atoms with E-state index < -0.39 is 0 Å². The molecule has 5 nitrogen and oxygen atoms in total. The third-order valence-corrected chi connectivity index (χ3v) is 4.33. The number of hydrogen-bond acceptors (Lipinski definition) is 4. The molecular weight excluding hydrogens is 300 g/mol. The number of aromatic nitrogens is 3. The molecule has 0 N–H and O–H groups in total. The number of benzene rings is 1. The Hall–Kier alpha value is -2.82. The second-order valence-corrected chi connectivity index (χ2v) is 6.01. The van der Waals surface area contributed by atoms with E-state index in [4.69, 9.17) is 0 Å². The molecular formula is C19H20N4O. The van der Waals surface area contributed by atoms with Gasteiger partial charge in [0.05, 0.1) is 22.8 Å². The Morgan fingerprint density at radius 3 is 2.71 bits per heavy atom. The van der Waals surface area contributed by atoms with Gasteiger partial charge in [-0.1, -0.05) is 18.2 Å². The molecule has 122 valence electrons. The highest BCUT2D eigenvalue weighted by Gasteiger charge is 2.22. The lowest BCUT2D eigenvalue weighted by atomic mass is 10.0. The third kappa shape index (κ3) is 2.85. The number of rotatable bonds is 3. The van der Waals surface area contributed by atoms with Crippen molar-refractivity contribution in [3.8, 4) is 0 Å². The first-order valence-electron chi connectivity index (χ1n) is 7.89. The highest BCUT2D eigenvalue weighted by atomic mass is 16.2. The average molecular weight is 320 g/mol. The minimum absolute atomic E-state index is 0.0396. The third-order valence-electron chi connectivity index (χ3n) is 4.33. The van der Waals surface area contributed by atoms with Crippen LogP contribution in [0.5, 0.6) is 0 Å². The summed E-state index contributed by atoms with van der Waals surface area (Å²) in [6, 6.07) is 9.46. The predicted octanol–water partition coefficient (Wildman–Crippen LogP) is 3.47. The molecule has 2 heterocycles. The van der Waals surface area contributed by atoms with Gasteiger partial charge in [-0.15, -0.1) is 0 Å². The molecule has 1 amide bonds. The van der Waals surface area contributed by atoms with Crippen LogP contribution in [0.4, 0.5) is 0 Å². The van der Waals surface area contributed by atoms with Gasteiger partial charge in [-0.25, -0.2) is 9.97 Å². The van der Waals surface area contributed by atoms with Gasteiger partial charge in [0.15, 0.2) is 0 Å². The maximum absolute atomic E-state index is 13.1. The second kappa shape index (κ2) is 6.35. The lowest BCUT2D eigenvalue weighted by Crippen LogP contribution is -2.30. The molecule has 0 radical (unpaired) electrons. The number of carbonyl (C=O) groups excluding carboxylic acids is 1. The van der Waals surface area contributed by atoms with Crippen molar-refractivity contribution in [3.63, 3.8) is 0 Å². The van der Waals surface area contributed by atoms with Crippen molar-refractivity contribution in [2.24, 2.45) is 0 Å². The van der Waals surface area contributed by atoms with Crippen LogP contribution in [-0.2, 0) is 0 Å². The van der Waals surface area contributed by atoms with Crippen LogP contribution >= 0.6 is 0 Å². The van der Waals surface area contributed by atoms with E-state index in [1.165, 1.54) is 6.33 Å². The van der Waals surface area contributed by atoms with E-state index in [1.54, 1.807) is 18.1 Å². The number of para-hydroxylation sites is 1. The van der Waals surface area contributed by atoms with Gasteiger partial charge in [-0.05, 0) is 38.5 Å². The van der Waals surface area contributed by atoms with Crippen LogP contribution in [0, 0.1) is 13.8 Å². The van der Waals surface area contributed by atoms with E-state index in [-0.39, 0.29) is 11.9 Å². The predicted molar refractivity (Wildman–Crippen MR) is 93.8 cm³/mol. The van der Waals surface area contributed by atoms with Gasteiger partial charge in [0.25, 0.3) is 5.91 Å². The summed E-state index contributed by atoms with van der Waals surface area (Å²) >= 11 is 0. The fourth-order valence-electron chi connectivity index (χ4n) is 2.81. The van der Waals surface area contributed by atoms with Crippen LogP contribution in [-0.4, -0.2) is 32.8 Å². The zero-order chi connectivity index (χ0) is 17.3. The molecule has 0 unspecified atom stereocenters. The Bertz CT molecular complexity index is 893. The lowest BCUT2D eigenvalue weighted by molar-refractivity contribution is 0.0741. The average Bonchev–Trinajstić information content (AvgIpc) is 2.61. The normalized spacial score (nSPS) is 12.2. The molecule has 0 saturated heterocycles. The zero-order valence-corrected chi connectivity index (χ0v) is 14.3. The number of nitrogens with zero attached hydrogens (tertiary/aromatic N) is 4. The van der Waals surface area contributed by atoms with Gasteiger partial charge >= 0.3 is 0 Å². The largest absolute Gasteiger partial charge is 0.333 e. The molecule has 0 aliphatic heterocycles. The highest BCUT2D eigenvalue weighted by Crippen LogP contribution is 2.25. The quantitative estimate of drug-likeness (QED) is 0.741. The minimum atomic E-state index is -0.145. The van der Waals surface area contributed by atoms with Crippen molar-refractivity contribution in [2.45, 2.75) is 26.8 Å². The SMILES string of the molecule is Cc1cc(C(=O)N(C)[C@@H](C)c2ccncn2)c2cccc(C)c2n1. The fraction of sp³-hybridized carbons (Fsp3) is 0.263. The van der Waals surface area contributed by atoms with Crippen LogP contribution in [0.1, 0.15) is 40.3 Å². The van der Waals surface area contributed by atoms with Crippen molar-refractivity contribution in [3.05, 3.63) is 65.4 Å². The van der Waals surface area contributed by atoms with Gasteiger partial charge in [0, 0.05) is 24.3 Å². The Labute approximate surface area is 141 Å². The number of hydrogen-bond donors (Lipinski definition) is 0. The van der Waals surface area contributed by atoms with E-state index in [0.717, 1.165) is 27.9 Å². The summed E-state index contributed by atoms with van der Waals surface area (Å²) in [7, 11) is 1.80. The molecule has 0 aliphatic rings. The summed E-state index contributed by atoms with van der Waals surface area (Å²) in [6.07, 6.45) is 3.19. The summed E-state index contributed by atoms with van der Waals surface area (Å²) in [6.45, 7) is 5.88. The molecule has 24 heavy (non-hydrogen) atoms. The first-order chi connectivity index (χ1) is 11.5. The van der Waals surface area contributed by atoms with Crippen LogP contribution in [0.25, 0.3) is 10.9 Å². The lowest BCUT2D eigenvalue weighted by Gasteiger charge is -2.25. The molecule has 0 fully saturated rings. The molecule has 3 aromatic rings. The number of aryl methyl sites for hydroxylation is 2. The summed E-state index contributed by atoms with van der Waals surface area (Å²) in [5, 5.41) is 0.882. The molecule has 2 aromatic heterocycles. The number of pyridine rings is 1. The van der Waals surface area contributed by atoms with Gasteiger partial charge in [-0.2, -0.15) is 0 Å². The summed E-state index contributed by atoms with van der Waals surface area (Å²) in [5.41, 5.74) is 4.26. The first-order valence-corrected chi connectivity index (χ1v) is 7.89. The van der Waals surface area contributed by atoms with Crippen molar-refractivity contribution in [1.29, 1.82) is 0 Å². The monoisotopic (exact) mass is 320 g/mol. The molecule has 1 atom stereocenters. The molecule has 1 aromatic carbocycles. The van der Waals surface area contributed by atoms with Crippen LogP contribution < -0.4 is 0 Å². The van der Waals surface area contributed by atoms with Crippen LogP contribution in [0.3, 0.4) is 0 Å². The number of carbonyl (C=O) groups is 1. The summed E-state index contributed by atoms with van der Waals surface area (Å²) in [5.74, 6) is -0.0396. The molecule has 0 aliphatic carbocycles. The minimum Gasteiger partial charge on any atom is -0.333 e. The van der Waals surface area contributed by atoms with E-state index >= 15 is 0 Å². The summed E-state index contributed by atoms with van der Waals surface area (Å²) in [4.78, 5) is 27.6. The molecule has 5 heteroatoms. The van der Waals surface area contributed by atoms with Gasteiger partial charge in [0.2, 0.25) is 0 Å². The number of amides is 1. The molecule has 3 rings (SSSR count). The fourth-order valence-corrected chi connectivity index (χ4v) is 2.81. The Balaban J connectivity index is 2.04. The number of fused-ring (bicyclic) bond motifs is 1. The van der Waals surface area contributed by atoms with E-state index in [1.807, 2.05) is 51.1 Å².